The lowest BCUT2D eigenvalue weighted by molar-refractivity contribution is 0.0342. The number of fused-ring (bicyclic) bond motifs is 1. The van der Waals surface area contributed by atoms with E-state index in [4.69, 9.17) is 4.74 Å². The summed E-state index contributed by atoms with van der Waals surface area (Å²) in [5, 5.41) is 4.57. The third-order valence-corrected chi connectivity index (χ3v) is 5.34. The monoisotopic (exact) mass is 384 g/mol. The minimum Gasteiger partial charge on any atom is -0.379 e. The third-order valence-electron chi connectivity index (χ3n) is 4.57. The molecule has 0 bridgehead atoms. The van der Waals surface area contributed by atoms with Gasteiger partial charge in [-0.1, -0.05) is 24.3 Å². The summed E-state index contributed by atoms with van der Waals surface area (Å²) < 4.78 is 6.75. The van der Waals surface area contributed by atoms with Crippen molar-refractivity contribution in [3.63, 3.8) is 0 Å². The molecule has 7 nitrogen and oxygen atoms in total. The van der Waals surface area contributed by atoms with Gasteiger partial charge in [0.05, 0.1) is 13.2 Å². The summed E-state index contributed by atoms with van der Waals surface area (Å²) in [4.78, 5) is 31.8. The lowest BCUT2D eigenvalue weighted by Crippen LogP contribution is -2.35. The van der Waals surface area contributed by atoms with Gasteiger partial charge in [0.25, 0.3) is 11.5 Å². The van der Waals surface area contributed by atoms with Gasteiger partial charge in [-0.15, -0.1) is 11.3 Å². The van der Waals surface area contributed by atoms with E-state index in [2.05, 4.69) is 27.3 Å². The van der Waals surface area contributed by atoms with E-state index in [1.807, 2.05) is 12.1 Å². The first-order chi connectivity index (χ1) is 13.2. The number of nitrogens with zero attached hydrogens (tertiary/aromatic N) is 3. The summed E-state index contributed by atoms with van der Waals surface area (Å²) >= 11 is 1.36. The molecule has 0 aliphatic carbocycles. The van der Waals surface area contributed by atoms with Crippen LogP contribution in [0.1, 0.15) is 21.5 Å². The number of rotatable bonds is 5. The van der Waals surface area contributed by atoms with E-state index in [-0.39, 0.29) is 11.1 Å². The number of ether oxygens (including phenoxy) is 1. The molecule has 3 heterocycles. The minimum atomic E-state index is -0.412. The number of carbonyl (C=O) groups excluding carboxylic acids is 1. The molecule has 8 heteroatoms. The van der Waals surface area contributed by atoms with E-state index >= 15 is 0 Å². The summed E-state index contributed by atoms with van der Waals surface area (Å²) in [6.07, 6.45) is 2.97. The Morgan fingerprint density at radius 2 is 1.93 bits per heavy atom. The standard InChI is InChI=1S/C19H20N4O3S/c24-17(16-12-21-19-23(18(16)25)7-10-27-19)20-11-14-1-3-15(4-2-14)13-22-5-8-26-9-6-22/h1-4,7,10,12H,5-6,8-9,11,13H2,(H,20,24). The van der Waals surface area contributed by atoms with Crippen LogP contribution in [0.2, 0.25) is 0 Å². The van der Waals surface area contributed by atoms with Crippen LogP contribution < -0.4 is 10.9 Å². The van der Waals surface area contributed by atoms with Crippen LogP contribution in [0.5, 0.6) is 0 Å². The molecular weight excluding hydrogens is 364 g/mol. The number of hydrogen-bond donors (Lipinski definition) is 1. The van der Waals surface area contributed by atoms with E-state index in [1.165, 1.54) is 27.5 Å². The van der Waals surface area contributed by atoms with Gasteiger partial charge in [0.15, 0.2) is 4.96 Å². The zero-order valence-corrected chi connectivity index (χ0v) is 15.6. The third kappa shape index (κ3) is 4.08. The summed E-state index contributed by atoms with van der Waals surface area (Å²) in [5.74, 6) is -0.412. The van der Waals surface area contributed by atoms with Crippen molar-refractivity contribution < 1.29 is 9.53 Å². The molecule has 3 aromatic rings. The first kappa shape index (κ1) is 17.8. The van der Waals surface area contributed by atoms with Crippen molar-refractivity contribution in [1.82, 2.24) is 19.6 Å². The molecule has 0 unspecified atom stereocenters. The van der Waals surface area contributed by atoms with Gasteiger partial charge >= 0.3 is 0 Å². The van der Waals surface area contributed by atoms with Crippen molar-refractivity contribution in [2.75, 3.05) is 26.3 Å². The average Bonchev–Trinajstić information content (AvgIpc) is 3.18. The normalized spacial score (nSPS) is 15.1. The highest BCUT2D eigenvalue weighted by atomic mass is 32.1. The average molecular weight is 384 g/mol. The number of thiazole rings is 1. The van der Waals surface area contributed by atoms with Crippen LogP contribution >= 0.6 is 11.3 Å². The number of hydrogen-bond acceptors (Lipinski definition) is 6. The fourth-order valence-electron chi connectivity index (χ4n) is 3.04. The zero-order chi connectivity index (χ0) is 18.6. The molecule has 1 saturated heterocycles. The van der Waals surface area contributed by atoms with Crippen molar-refractivity contribution in [3.05, 3.63) is 69.1 Å². The number of nitrogens with one attached hydrogen (secondary N) is 1. The second kappa shape index (κ2) is 7.99. The second-order valence-electron chi connectivity index (χ2n) is 6.42. The van der Waals surface area contributed by atoms with Crippen LogP contribution in [0.25, 0.3) is 4.96 Å². The lowest BCUT2D eigenvalue weighted by atomic mass is 10.1. The predicted molar refractivity (Wildman–Crippen MR) is 103 cm³/mol. The Morgan fingerprint density at radius 3 is 2.70 bits per heavy atom. The summed E-state index contributed by atoms with van der Waals surface area (Å²) in [6, 6.07) is 8.15. The highest BCUT2D eigenvalue weighted by molar-refractivity contribution is 7.15. The largest absolute Gasteiger partial charge is 0.379 e. The van der Waals surface area contributed by atoms with Crippen molar-refractivity contribution in [2.24, 2.45) is 0 Å². The molecule has 1 aliphatic heterocycles. The molecule has 0 radical (unpaired) electrons. The van der Waals surface area contributed by atoms with Gasteiger partial charge in [-0.25, -0.2) is 4.98 Å². The lowest BCUT2D eigenvalue weighted by Gasteiger charge is -2.26. The van der Waals surface area contributed by atoms with Gasteiger partial charge in [0.2, 0.25) is 0 Å². The number of aromatic nitrogens is 2. The maximum absolute atomic E-state index is 12.4. The fraction of sp³-hybridized carbons (Fsp3) is 0.316. The van der Waals surface area contributed by atoms with Crippen LogP contribution in [0.15, 0.2) is 46.8 Å². The molecule has 0 saturated carbocycles. The molecule has 1 N–H and O–H groups in total. The van der Waals surface area contributed by atoms with E-state index in [0.717, 1.165) is 38.4 Å². The highest BCUT2D eigenvalue weighted by Gasteiger charge is 2.14. The quantitative estimate of drug-likeness (QED) is 0.722. The van der Waals surface area contributed by atoms with E-state index in [1.54, 1.807) is 11.6 Å². The Balaban J connectivity index is 1.37. The molecule has 0 atom stereocenters. The van der Waals surface area contributed by atoms with Crippen molar-refractivity contribution >= 4 is 22.2 Å². The zero-order valence-electron chi connectivity index (χ0n) is 14.8. The summed E-state index contributed by atoms with van der Waals surface area (Å²) in [7, 11) is 0. The molecule has 1 amide bonds. The number of morpholine rings is 1. The first-order valence-corrected chi connectivity index (χ1v) is 9.70. The Bertz CT molecular complexity index is 990. The SMILES string of the molecule is O=C(NCc1ccc(CN2CCOCC2)cc1)c1cnc2sccn2c1=O. The van der Waals surface area contributed by atoms with Crippen LogP contribution in [0, 0.1) is 0 Å². The van der Waals surface area contributed by atoms with Crippen LogP contribution in [0.3, 0.4) is 0 Å². The fourth-order valence-corrected chi connectivity index (χ4v) is 3.71. The molecule has 1 aromatic carbocycles. The van der Waals surface area contributed by atoms with Crippen LogP contribution in [-0.4, -0.2) is 46.5 Å². The van der Waals surface area contributed by atoms with Gasteiger partial charge in [-0.05, 0) is 11.1 Å². The second-order valence-corrected chi connectivity index (χ2v) is 7.29. The van der Waals surface area contributed by atoms with Gasteiger partial charge < -0.3 is 10.1 Å². The highest BCUT2D eigenvalue weighted by Crippen LogP contribution is 2.10. The van der Waals surface area contributed by atoms with Crippen LogP contribution in [-0.2, 0) is 17.8 Å². The Morgan fingerprint density at radius 1 is 1.19 bits per heavy atom. The predicted octanol–water partition coefficient (Wildman–Crippen LogP) is 1.52. The number of carbonyl (C=O) groups is 1. The van der Waals surface area contributed by atoms with Gasteiger partial charge in [0.1, 0.15) is 5.56 Å². The van der Waals surface area contributed by atoms with Gasteiger partial charge in [-0.2, -0.15) is 0 Å². The summed E-state index contributed by atoms with van der Waals surface area (Å²) in [6.45, 7) is 4.75. The Kier molecular flexibility index (Phi) is 5.28. The Labute approximate surface area is 160 Å². The van der Waals surface area contributed by atoms with E-state index < -0.39 is 5.91 Å². The molecule has 1 fully saturated rings. The Hall–Kier alpha value is -2.55. The van der Waals surface area contributed by atoms with Crippen molar-refractivity contribution in [1.29, 1.82) is 0 Å². The number of benzene rings is 1. The maximum Gasteiger partial charge on any atom is 0.271 e. The molecule has 2 aromatic heterocycles. The molecule has 140 valence electrons. The van der Waals surface area contributed by atoms with Gasteiger partial charge in [0, 0.05) is 44.0 Å². The van der Waals surface area contributed by atoms with Crippen LogP contribution in [0.4, 0.5) is 0 Å². The summed E-state index contributed by atoms with van der Waals surface area (Å²) in [5.41, 5.74) is 1.92. The smallest absolute Gasteiger partial charge is 0.271 e. The molecule has 27 heavy (non-hydrogen) atoms. The maximum atomic E-state index is 12.4. The molecule has 0 spiro atoms. The van der Waals surface area contributed by atoms with E-state index in [9.17, 15) is 9.59 Å². The molecule has 1 aliphatic rings. The first-order valence-electron chi connectivity index (χ1n) is 8.82. The topological polar surface area (TPSA) is 75.9 Å². The number of amides is 1. The van der Waals surface area contributed by atoms with Gasteiger partial charge in [-0.3, -0.25) is 18.9 Å². The minimum absolute atomic E-state index is 0.0508. The van der Waals surface area contributed by atoms with E-state index in [0.29, 0.717) is 11.5 Å². The van der Waals surface area contributed by atoms with Crippen molar-refractivity contribution in [2.45, 2.75) is 13.1 Å². The molecule has 4 rings (SSSR count). The van der Waals surface area contributed by atoms with Crippen molar-refractivity contribution in [3.8, 4) is 0 Å². The molecular formula is C19H20N4O3S.